The van der Waals surface area contributed by atoms with Crippen molar-refractivity contribution in [1.29, 1.82) is 0 Å². The first-order chi connectivity index (χ1) is 13.3. The third-order valence-corrected chi connectivity index (χ3v) is 7.35. The number of aromatic hydroxyl groups is 1. The lowest BCUT2D eigenvalue weighted by Crippen LogP contribution is -2.28. The highest BCUT2D eigenvalue weighted by Gasteiger charge is 2.27. The van der Waals surface area contributed by atoms with E-state index in [4.69, 9.17) is 23.2 Å². The molecule has 2 aromatic carbocycles. The summed E-state index contributed by atoms with van der Waals surface area (Å²) in [6.45, 7) is 0.955. The molecule has 0 bridgehead atoms. The number of amides is 1. The van der Waals surface area contributed by atoms with Crippen molar-refractivity contribution in [3.8, 4) is 5.75 Å². The van der Waals surface area contributed by atoms with E-state index in [2.05, 4.69) is 5.32 Å². The highest BCUT2D eigenvalue weighted by atomic mass is 35.5. The fraction of sp³-hybridized carbons (Fsp3) is 0.316. The number of nitrogens with zero attached hydrogens (tertiary/aromatic N) is 1. The van der Waals surface area contributed by atoms with Crippen molar-refractivity contribution < 1.29 is 18.3 Å². The van der Waals surface area contributed by atoms with Crippen LogP contribution in [-0.4, -0.2) is 36.8 Å². The minimum atomic E-state index is -3.64. The number of anilines is 1. The Bertz CT molecular complexity index is 989. The summed E-state index contributed by atoms with van der Waals surface area (Å²) in [6, 6.07) is 9.09. The van der Waals surface area contributed by atoms with Gasteiger partial charge in [0.05, 0.1) is 20.6 Å². The van der Waals surface area contributed by atoms with Crippen molar-refractivity contribution in [2.75, 3.05) is 18.4 Å². The molecule has 0 spiro atoms. The van der Waals surface area contributed by atoms with E-state index in [-0.39, 0.29) is 28.7 Å². The van der Waals surface area contributed by atoms with E-state index in [9.17, 15) is 18.3 Å². The van der Waals surface area contributed by atoms with Gasteiger partial charge in [0.25, 0.3) is 0 Å². The van der Waals surface area contributed by atoms with Gasteiger partial charge in [-0.3, -0.25) is 4.79 Å². The van der Waals surface area contributed by atoms with Crippen LogP contribution in [0.1, 0.15) is 24.8 Å². The van der Waals surface area contributed by atoms with Crippen LogP contribution in [0.5, 0.6) is 5.75 Å². The molecule has 1 amide bonds. The SMILES string of the molecule is O=C(CCc1cccc(Cl)c1Cl)Nc1cc(S(=O)(=O)N2CCCC2)ccc1O. The quantitative estimate of drug-likeness (QED) is 0.660. The Labute approximate surface area is 174 Å². The topological polar surface area (TPSA) is 86.7 Å². The van der Waals surface area contributed by atoms with E-state index in [1.165, 1.54) is 22.5 Å². The minimum Gasteiger partial charge on any atom is -0.506 e. The number of nitrogens with one attached hydrogen (secondary N) is 1. The van der Waals surface area contributed by atoms with Gasteiger partial charge in [-0.15, -0.1) is 0 Å². The fourth-order valence-electron chi connectivity index (χ4n) is 3.06. The monoisotopic (exact) mass is 442 g/mol. The molecule has 0 saturated carbocycles. The number of sulfonamides is 1. The number of hydrogen-bond donors (Lipinski definition) is 2. The number of halogens is 2. The lowest BCUT2D eigenvalue weighted by atomic mass is 10.1. The van der Waals surface area contributed by atoms with Gasteiger partial charge in [-0.05, 0) is 49.1 Å². The van der Waals surface area contributed by atoms with Crippen molar-refractivity contribution in [3.63, 3.8) is 0 Å². The molecule has 1 fully saturated rings. The molecule has 6 nitrogen and oxygen atoms in total. The van der Waals surface area contributed by atoms with Gasteiger partial charge in [0.1, 0.15) is 5.75 Å². The highest BCUT2D eigenvalue weighted by Crippen LogP contribution is 2.30. The van der Waals surface area contributed by atoms with Crippen LogP contribution in [0.25, 0.3) is 0 Å². The predicted octanol–water partition coefficient (Wildman–Crippen LogP) is 4.05. The second-order valence-corrected chi connectivity index (χ2v) is 9.27. The summed E-state index contributed by atoms with van der Waals surface area (Å²) in [5.41, 5.74) is 0.793. The van der Waals surface area contributed by atoms with Crippen LogP contribution in [-0.2, 0) is 21.2 Å². The molecular formula is C19H20Cl2N2O4S. The average Bonchev–Trinajstić information content (AvgIpc) is 3.20. The van der Waals surface area contributed by atoms with Crippen LogP contribution in [0.4, 0.5) is 5.69 Å². The van der Waals surface area contributed by atoms with Gasteiger partial charge >= 0.3 is 0 Å². The molecule has 0 unspecified atom stereocenters. The standard InChI is InChI=1S/C19H20Cl2N2O4S/c20-15-5-3-4-13(19(15)21)6-9-18(25)22-16-12-14(7-8-17(16)24)28(26,27)23-10-1-2-11-23/h3-5,7-8,12,24H,1-2,6,9-11H2,(H,22,25). The third-order valence-electron chi connectivity index (χ3n) is 4.60. The van der Waals surface area contributed by atoms with Crippen LogP contribution in [0.15, 0.2) is 41.3 Å². The van der Waals surface area contributed by atoms with Crippen molar-refractivity contribution >= 4 is 44.8 Å². The van der Waals surface area contributed by atoms with Gasteiger partial charge in [0, 0.05) is 19.5 Å². The summed E-state index contributed by atoms with van der Waals surface area (Å²) < 4.78 is 26.7. The lowest BCUT2D eigenvalue weighted by Gasteiger charge is -2.16. The first-order valence-corrected chi connectivity index (χ1v) is 11.0. The number of hydrogen-bond acceptors (Lipinski definition) is 4. The zero-order valence-corrected chi connectivity index (χ0v) is 17.3. The van der Waals surface area contributed by atoms with Crippen molar-refractivity contribution in [1.82, 2.24) is 4.31 Å². The molecule has 150 valence electrons. The van der Waals surface area contributed by atoms with Crippen LogP contribution in [0, 0.1) is 0 Å². The summed E-state index contributed by atoms with van der Waals surface area (Å²) in [7, 11) is -3.64. The van der Waals surface area contributed by atoms with E-state index < -0.39 is 10.0 Å². The molecule has 0 aromatic heterocycles. The van der Waals surface area contributed by atoms with Gasteiger partial charge in [0.2, 0.25) is 15.9 Å². The first-order valence-electron chi connectivity index (χ1n) is 8.85. The molecule has 1 aliphatic heterocycles. The molecule has 2 aromatic rings. The molecule has 3 rings (SSSR count). The van der Waals surface area contributed by atoms with E-state index in [1.54, 1.807) is 18.2 Å². The summed E-state index contributed by atoms with van der Waals surface area (Å²) in [6.07, 6.45) is 2.11. The smallest absolute Gasteiger partial charge is 0.243 e. The van der Waals surface area contributed by atoms with Gasteiger partial charge in [-0.25, -0.2) is 8.42 Å². The number of phenols is 1. The maximum absolute atomic E-state index is 12.7. The highest BCUT2D eigenvalue weighted by molar-refractivity contribution is 7.89. The molecule has 2 N–H and O–H groups in total. The summed E-state index contributed by atoms with van der Waals surface area (Å²) in [5, 5.41) is 13.4. The molecular weight excluding hydrogens is 423 g/mol. The summed E-state index contributed by atoms with van der Waals surface area (Å²) >= 11 is 12.1. The second kappa shape index (κ2) is 8.69. The predicted molar refractivity (Wildman–Crippen MR) is 110 cm³/mol. The Morgan fingerprint density at radius 2 is 1.86 bits per heavy atom. The van der Waals surface area contributed by atoms with Crippen LogP contribution < -0.4 is 5.32 Å². The Morgan fingerprint density at radius 3 is 2.57 bits per heavy atom. The molecule has 28 heavy (non-hydrogen) atoms. The maximum atomic E-state index is 12.7. The summed E-state index contributed by atoms with van der Waals surface area (Å²) in [5.74, 6) is -0.573. The Balaban J connectivity index is 1.71. The van der Waals surface area contributed by atoms with E-state index in [0.717, 1.165) is 18.4 Å². The average molecular weight is 443 g/mol. The van der Waals surface area contributed by atoms with E-state index >= 15 is 0 Å². The molecule has 1 aliphatic rings. The first kappa shape index (κ1) is 20.9. The fourth-order valence-corrected chi connectivity index (χ4v) is 5.01. The Hall–Kier alpha value is -1.80. The number of benzene rings is 2. The Kier molecular flexibility index (Phi) is 6.50. The largest absolute Gasteiger partial charge is 0.506 e. The number of carbonyl (C=O) groups excluding carboxylic acids is 1. The number of aryl methyl sites for hydroxylation is 1. The molecule has 1 saturated heterocycles. The van der Waals surface area contributed by atoms with Crippen molar-refractivity contribution in [2.45, 2.75) is 30.6 Å². The van der Waals surface area contributed by atoms with Crippen molar-refractivity contribution in [3.05, 3.63) is 52.0 Å². The van der Waals surface area contributed by atoms with Crippen molar-refractivity contribution in [2.24, 2.45) is 0 Å². The molecule has 0 aliphatic carbocycles. The molecule has 1 heterocycles. The van der Waals surface area contributed by atoms with Crippen LogP contribution in [0.2, 0.25) is 10.0 Å². The maximum Gasteiger partial charge on any atom is 0.243 e. The van der Waals surface area contributed by atoms with E-state index in [0.29, 0.717) is 29.6 Å². The number of phenolic OH excluding ortho intramolecular Hbond substituents is 1. The zero-order valence-electron chi connectivity index (χ0n) is 15.0. The van der Waals surface area contributed by atoms with Gasteiger partial charge in [0.15, 0.2) is 0 Å². The summed E-state index contributed by atoms with van der Waals surface area (Å²) in [4.78, 5) is 12.3. The van der Waals surface area contributed by atoms with Gasteiger partial charge in [-0.1, -0.05) is 35.3 Å². The van der Waals surface area contributed by atoms with Gasteiger partial charge < -0.3 is 10.4 Å². The third kappa shape index (κ3) is 4.60. The second-order valence-electron chi connectivity index (χ2n) is 6.55. The molecule has 9 heteroatoms. The Morgan fingerprint density at radius 1 is 1.14 bits per heavy atom. The van der Waals surface area contributed by atoms with Crippen LogP contribution in [0.3, 0.4) is 0 Å². The molecule has 0 atom stereocenters. The lowest BCUT2D eigenvalue weighted by molar-refractivity contribution is -0.116. The number of rotatable bonds is 6. The molecule has 0 radical (unpaired) electrons. The van der Waals surface area contributed by atoms with Gasteiger partial charge in [-0.2, -0.15) is 4.31 Å². The normalized spacial score (nSPS) is 14.9. The zero-order chi connectivity index (χ0) is 20.3. The van der Waals surface area contributed by atoms with Crippen LogP contribution >= 0.6 is 23.2 Å². The minimum absolute atomic E-state index is 0.0420. The van der Waals surface area contributed by atoms with E-state index in [1.807, 2.05) is 0 Å². The number of carbonyl (C=O) groups is 1.